The molecule has 0 spiro atoms. The van der Waals surface area contributed by atoms with E-state index in [1.165, 1.54) is 11.8 Å². The Balaban J connectivity index is 1.32. The fourth-order valence-corrected chi connectivity index (χ4v) is 4.25. The summed E-state index contributed by atoms with van der Waals surface area (Å²) in [7, 11) is 1.80. The number of hydrogen-bond donors (Lipinski definition) is 2. The van der Waals surface area contributed by atoms with Crippen LogP contribution in [0.15, 0.2) is 65.0 Å². The van der Waals surface area contributed by atoms with Crippen LogP contribution in [0.3, 0.4) is 0 Å². The normalized spacial score (nSPS) is 18.0. The molecule has 3 N–H and O–H groups in total. The highest BCUT2D eigenvalue weighted by atomic mass is 16.5. The second kappa shape index (κ2) is 11.3. The number of ketones is 1. The molecule has 1 atom stereocenters. The van der Waals surface area contributed by atoms with Gasteiger partial charge in [0, 0.05) is 63.0 Å². The van der Waals surface area contributed by atoms with E-state index in [2.05, 4.69) is 46.0 Å². The summed E-state index contributed by atoms with van der Waals surface area (Å²) < 4.78 is 5.45. The number of carbonyl (C=O) groups is 1. The molecule has 0 radical (unpaired) electrons. The summed E-state index contributed by atoms with van der Waals surface area (Å²) >= 11 is 0. The Bertz CT molecular complexity index is 1120. The molecule has 0 amide bonds. The molecule has 4 rings (SSSR count). The molecule has 0 aliphatic carbocycles. The number of likely N-dealkylation sites (tertiary alicyclic amines) is 1. The van der Waals surface area contributed by atoms with Crippen LogP contribution in [0.1, 0.15) is 54.0 Å². The van der Waals surface area contributed by atoms with Crippen molar-refractivity contribution < 1.29 is 14.6 Å². The van der Waals surface area contributed by atoms with Crippen molar-refractivity contribution in [3.05, 3.63) is 82.2 Å². The molecule has 2 aliphatic rings. The first-order valence-electron chi connectivity index (χ1n) is 11.7. The summed E-state index contributed by atoms with van der Waals surface area (Å²) in [5.74, 6) is 5.83. The van der Waals surface area contributed by atoms with E-state index in [0.29, 0.717) is 18.2 Å². The smallest absolute Gasteiger partial charge is 0.204 e. The van der Waals surface area contributed by atoms with Gasteiger partial charge in [-0.1, -0.05) is 36.1 Å². The number of piperidine rings is 1. The maximum Gasteiger partial charge on any atom is 0.204 e. The molecule has 6 heteroatoms. The number of nitrogens with two attached hydrogens (primary N) is 1. The molecule has 2 heterocycles. The molecule has 1 unspecified atom stereocenters. The van der Waals surface area contributed by atoms with Gasteiger partial charge in [0.2, 0.25) is 5.78 Å². The third kappa shape index (κ3) is 6.21. The average molecular weight is 458 g/mol. The lowest BCUT2D eigenvalue weighted by Crippen LogP contribution is -2.36. The monoisotopic (exact) mass is 457 g/mol. The molecule has 34 heavy (non-hydrogen) atoms. The lowest BCUT2D eigenvalue weighted by Gasteiger charge is -2.31. The van der Waals surface area contributed by atoms with Crippen LogP contribution in [0.2, 0.25) is 0 Å². The molecule has 2 aromatic carbocycles. The molecule has 1 fully saturated rings. The van der Waals surface area contributed by atoms with Gasteiger partial charge in [0.1, 0.15) is 0 Å². The van der Waals surface area contributed by atoms with Gasteiger partial charge in [-0.3, -0.25) is 14.7 Å². The Labute approximate surface area is 201 Å². The highest BCUT2D eigenvalue weighted by Gasteiger charge is 2.20. The minimum absolute atomic E-state index is 0.133. The number of methoxy groups -OCH3 is 1. The predicted molar refractivity (Wildman–Crippen MR) is 133 cm³/mol. The van der Waals surface area contributed by atoms with E-state index < -0.39 is 0 Å². The van der Waals surface area contributed by atoms with Gasteiger partial charge in [-0.05, 0) is 48.2 Å². The van der Waals surface area contributed by atoms with Crippen molar-refractivity contribution in [1.82, 2.24) is 4.90 Å². The number of allylic oxidation sites excluding steroid dienone is 1. The van der Waals surface area contributed by atoms with Gasteiger partial charge < -0.3 is 15.6 Å². The Kier molecular flexibility index (Phi) is 7.91. The van der Waals surface area contributed by atoms with Crippen LogP contribution < -0.4 is 5.73 Å². The molecule has 2 aromatic rings. The first-order chi connectivity index (χ1) is 16.5. The van der Waals surface area contributed by atoms with Gasteiger partial charge >= 0.3 is 0 Å². The number of hydrogen-bond acceptors (Lipinski definition) is 6. The first kappa shape index (κ1) is 23.9. The number of aliphatic hydroxyl groups excluding tert-OH is 1. The fourth-order valence-electron chi connectivity index (χ4n) is 4.25. The Morgan fingerprint density at radius 2 is 1.71 bits per heavy atom. The van der Waals surface area contributed by atoms with E-state index in [-0.39, 0.29) is 24.0 Å². The van der Waals surface area contributed by atoms with Crippen LogP contribution in [-0.2, 0) is 16.1 Å². The predicted octanol–water partition coefficient (Wildman–Crippen LogP) is 3.90. The SMILES string of the molecule is COC1CCN(Cc2ccc(C#Cc3ccc(C(N)CC4=C(O)C(=O)CC=N4)cc3)cc2)CC1. The van der Waals surface area contributed by atoms with Crippen LogP contribution in [0.25, 0.3) is 0 Å². The molecular formula is C28H31N3O3. The Morgan fingerprint density at radius 3 is 2.32 bits per heavy atom. The van der Waals surface area contributed by atoms with Crippen molar-refractivity contribution in [1.29, 1.82) is 0 Å². The van der Waals surface area contributed by atoms with Gasteiger partial charge in [-0.25, -0.2) is 0 Å². The van der Waals surface area contributed by atoms with E-state index >= 15 is 0 Å². The Hall–Kier alpha value is -3.24. The number of aliphatic imine (C=N–C) groups is 1. The summed E-state index contributed by atoms with van der Waals surface area (Å²) in [6, 6.07) is 15.8. The minimum Gasteiger partial charge on any atom is -0.503 e. The third-order valence-corrected chi connectivity index (χ3v) is 6.39. The zero-order valence-electron chi connectivity index (χ0n) is 19.5. The molecule has 176 valence electrons. The third-order valence-electron chi connectivity index (χ3n) is 6.39. The maximum absolute atomic E-state index is 11.6. The maximum atomic E-state index is 11.6. The number of Topliss-reactive ketones (excluding diaryl/α,β-unsaturated/α-hetero) is 1. The number of ether oxygens (including phenoxy) is 1. The second-order valence-corrected chi connectivity index (χ2v) is 8.83. The van der Waals surface area contributed by atoms with Crippen LogP contribution in [-0.4, -0.2) is 48.3 Å². The average Bonchev–Trinajstić information content (AvgIpc) is 2.87. The highest BCUT2D eigenvalue weighted by molar-refractivity contribution is 6.03. The zero-order chi connectivity index (χ0) is 23.9. The lowest BCUT2D eigenvalue weighted by molar-refractivity contribution is -0.117. The van der Waals surface area contributed by atoms with Gasteiger partial charge in [-0.2, -0.15) is 0 Å². The quantitative estimate of drug-likeness (QED) is 0.643. The van der Waals surface area contributed by atoms with Crippen molar-refractivity contribution in [2.45, 2.75) is 44.4 Å². The molecule has 0 aromatic heterocycles. The minimum atomic E-state index is -0.366. The van der Waals surface area contributed by atoms with Gasteiger partial charge in [-0.15, -0.1) is 0 Å². The van der Waals surface area contributed by atoms with Crippen molar-refractivity contribution in [3.8, 4) is 11.8 Å². The molecular weight excluding hydrogens is 426 g/mol. The topological polar surface area (TPSA) is 88.1 Å². The van der Waals surface area contributed by atoms with Crippen LogP contribution in [0.5, 0.6) is 0 Å². The molecule has 2 aliphatic heterocycles. The van der Waals surface area contributed by atoms with Crippen molar-refractivity contribution in [3.63, 3.8) is 0 Å². The summed E-state index contributed by atoms with van der Waals surface area (Å²) in [6.07, 6.45) is 4.54. The highest BCUT2D eigenvalue weighted by Crippen LogP contribution is 2.24. The van der Waals surface area contributed by atoms with Gasteiger partial charge in [0.05, 0.1) is 11.8 Å². The second-order valence-electron chi connectivity index (χ2n) is 8.83. The van der Waals surface area contributed by atoms with Crippen LogP contribution in [0, 0.1) is 11.8 Å². The number of aliphatic hydroxyl groups is 1. The Morgan fingerprint density at radius 1 is 1.09 bits per heavy atom. The number of benzene rings is 2. The van der Waals surface area contributed by atoms with Gasteiger partial charge in [0.25, 0.3) is 0 Å². The van der Waals surface area contributed by atoms with E-state index in [1.54, 1.807) is 7.11 Å². The van der Waals surface area contributed by atoms with E-state index in [0.717, 1.165) is 49.2 Å². The molecule has 0 saturated carbocycles. The summed E-state index contributed by atoms with van der Waals surface area (Å²) in [5, 5.41) is 9.91. The van der Waals surface area contributed by atoms with E-state index in [1.807, 2.05) is 24.3 Å². The fraction of sp³-hybridized carbons (Fsp3) is 0.357. The zero-order valence-corrected chi connectivity index (χ0v) is 19.5. The lowest BCUT2D eigenvalue weighted by atomic mass is 9.99. The number of nitrogens with zero attached hydrogens (tertiary/aromatic N) is 2. The largest absolute Gasteiger partial charge is 0.503 e. The van der Waals surface area contributed by atoms with Crippen molar-refractivity contribution in [2.75, 3.05) is 20.2 Å². The van der Waals surface area contributed by atoms with Crippen LogP contribution >= 0.6 is 0 Å². The molecule has 1 saturated heterocycles. The van der Waals surface area contributed by atoms with Crippen molar-refractivity contribution in [2.24, 2.45) is 10.7 Å². The number of carbonyl (C=O) groups excluding carboxylic acids is 1. The van der Waals surface area contributed by atoms with Crippen molar-refractivity contribution >= 4 is 12.0 Å². The van der Waals surface area contributed by atoms with Crippen LogP contribution in [0.4, 0.5) is 0 Å². The summed E-state index contributed by atoms with van der Waals surface area (Å²) in [6.45, 7) is 3.10. The number of rotatable bonds is 6. The standard InChI is InChI=1S/C28H31N3O3/c1-34-24-13-16-31(17-14-24)19-22-6-4-20(5-7-22)2-3-21-8-10-23(11-9-21)25(29)18-26-28(33)27(32)12-15-30-26/h4-11,15,24-25,33H,12-14,16-19,29H2,1H3. The molecule has 6 nitrogen and oxygen atoms in total. The first-order valence-corrected chi connectivity index (χ1v) is 11.7. The molecule has 0 bridgehead atoms. The van der Waals surface area contributed by atoms with E-state index in [9.17, 15) is 9.90 Å². The van der Waals surface area contributed by atoms with E-state index in [4.69, 9.17) is 10.5 Å². The summed E-state index contributed by atoms with van der Waals surface area (Å²) in [5.41, 5.74) is 10.7. The summed E-state index contributed by atoms with van der Waals surface area (Å²) in [4.78, 5) is 18.2. The van der Waals surface area contributed by atoms with Gasteiger partial charge in [0.15, 0.2) is 5.76 Å².